The summed E-state index contributed by atoms with van der Waals surface area (Å²) in [6.45, 7) is 2.21. The van der Waals surface area contributed by atoms with Crippen molar-refractivity contribution in [3.8, 4) is 0 Å². The number of halogens is 1. The highest BCUT2D eigenvalue weighted by molar-refractivity contribution is 7.89. The first-order chi connectivity index (χ1) is 8.84. The van der Waals surface area contributed by atoms with Gasteiger partial charge in [-0.15, -0.1) is 0 Å². The van der Waals surface area contributed by atoms with Crippen LogP contribution >= 0.6 is 11.6 Å². The van der Waals surface area contributed by atoms with Gasteiger partial charge >= 0.3 is 0 Å². The highest BCUT2D eigenvalue weighted by Gasteiger charge is 2.33. The number of rotatable bonds is 3. The minimum Gasteiger partial charge on any atom is -0.324 e. The molecule has 108 valence electrons. The second-order valence-corrected chi connectivity index (χ2v) is 7.66. The van der Waals surface area contributed by atoms with E-state index in [0.29, 0.717) is 5.92 Å². The fourth-order valence-electron chi connectivity index (χ4n) is 2.51. The van der Waals surface area contributed by atoms with Crippen LogP contribution in [0.4, 0.5) is 0 Å². The number of hydrogen-bond acceptors (Lipinski definition) is 3. The summed E-state index contributed by atoms with van der Waals surface area (Å²) in [6, 6.07) is 0.0549. The molecule has 0 aromatic carbocycles. The van der Waals surface area contributed by atoms with Crippen LogP contribution in [-0.2, 0) is 17.1 Å². The van der Waals surface area contributed by atoms with Gasteiger partial charge in [-0.05, 0) is 31.6 Å². The average molecular weight is 306 g/mol. The smallest absolute Gasteiger partial charge is 0.263 e. The average Bonchev–Trinajstić information content (AvgIpc) is 2.70. The van der Waals surface area contributed by atoms with E-state index in [9.17, 15) is 8.42 Å². The van der Waals surface area contributed by atoms with Gasteiger partial charge in [0.1, 0.15) is 5.15 Å². The molecule has 7 heteroatoms. The van der Waals surface area contributed by atoms with Crippen molar-refractivity contribution in [1.29, 1.82) is 0 Å². The van der Waals surface area contributed by atoms with Crippen molar-refractivity contribution in [2.45, 2.75) is 43.7 Å². The monoisotopic (exact) mass is 305 g/mol. The summed E-state index contributed by atoms with van der Waals surface area (Å²) in [5.41, 5.74) is 0. The third-order valence-electron chi connectivity index (χ3n) is 3.96. The van der Waals surface area contributed by atoms with E-state index in [4.69, 9.17) is 11.6 Å². The molecule has 0 bridgehead atoms. The summed E-state index contributed by atoms with van der Waals surface area (Å²) >= 11 is 5.99. The molecule has 0 atom stereocenters. The predicted octanol–water partition coefficient (Wildman–Crippen LogP) is 2.27. The van der Waals surface area contributed by atoms with Crippen LogP contribution in [0.15, 0.2) is 11.4 Å². The fraction of sp³-hybridized carbons (Fsp3) is 0.750. The van der Waals surface area contributed by atoms with Crippen molar-refractivity contribution in [3.05, 3.63) is 11.5 Å². The fourth-order valence-corrected chi connectivity index (χ4v) is 4.30. The molecule has 19 heavy (non-hydrogen) atoms. The summed E-state index contributed by atoms with van der Waals surface area (Å²) < 4.78 is 28.0. The van der Waals surface area contributed by atoms with E-state index in [0.717, 1.165) is 25.7 Å². The molecule has 0 unspecified atom stereocenters. The zero-order valence-electron chi connectivity index (χ0n) is 11.5. The van der Waals surface area contributed by atoms with Crippen molar-refractivity contribution in [1.82, 2.24) is 13.9 Å². The quantitative estimate of drug-likeness (QED) is 0.861. The summed E-state index contributed by atoms with van der Waals surface area (Å²) in [5, 5.41) is 0.119. The van der Waals surface area contributed by atoms with E-state index < -0.39 is 10.0 Å². The largest absolute Gasteiger partial charge is 0.324 e. The lowest BCUT2D eigenvalue weighted by molar-refractivity contribution is 0.245. The maximum atomic E-state index is 12.5. The van der Waals surface area contributed by atoms with Crippen LogP contribution in [0.3, 0.4) is 0 Å². The lowest BCUT2D eigenvalue weighted by atomic mass is 9.87. The predicted molar refractivity (Wildman–Crippen MR) is 74.6 cm³/mol. The van der Waals surface area contributed by atoms with E-state index in [1.165, 1.54) is 15.2 Å². The Morgan fingerprint density at radius 2 is 1.95 bits per heavy atom. The van der Waals surface area contributed by atoms with Gasteiger partial charge in [0.2, 0.25) is 5.03 Å². The lowest BCUT2D eigenvalue weighted by Crippen LogP contribution is -2.39. The molecular formula is C12H20ClN3O2S. The normalized spacial score (nSPS) is 24.9. The molecular weight excluding hydrogens is 286 g/mol. The molecule has 0 amide bonds. The van der Waals surface area contributed by atoms with Crippen LogP contribution in [-0.4, -0.2) is 35.4 Å². The second kappa shape index (κ2) is 5.42. The first-order valence-corrected chi connectivity index (χ1v) is 8.30. The van der Waals surface area contributed by atoms with Gasteiger partial charge in [0, 0.05) is 20.1 Å². The lowest BCUT2D eigenvalue weighted by Gasteiger charge is -2.32. The van der Waals surface area contributed by atoms with Crippen LogP contribution in [0, 0.1) is 5.92 Å². The third kappa shape index (κ3) is 2.80. The number of sulfonamides is 1. The molecule has 1 aliphatic carbocycles. The van der Waals surface area contributed by atoms with Gasteiger partial charge in [0.25, 0.3) is 10.0 Å². The zero-order chi connectivity index (χ0) is 14.2. The maximum Gasteiger partial charge on any atom is 0.263 e. The minimum absolute atomic E-state index is 0.0437. The van der Waals surface area contributed by atoms with Gasteiger partial charge in [0.15, 0.2) is 0 Å². The topological polar surface area (TPSA) is 55.2 Å². The van der Waals surface area contributed by atoms with E-state index in [1.54, 1.807) is 14.1 Å². The zero-order valence-corrected chi connectivity index (χ0v) is 13.1. The molecule has 1 aromatic rings. The SMILES string of the molecule is CC1CCC(N(C)S(=O)(=O)c2ncn(C)c2Cl)CC1. The summed E-state index contributed by atoms with van der Waals surface area (Å²) in [4.78, 5) is 3.92. The highest BCUT2D eigenvalue weighted by atomic mass is 35.5. The maximum absolute atomic E-state index is 12.5. The third-order valence-corrected chi connectivity index (χ3v) is 6.36. The first kappa shape index (κ1) is 14.8. The molecule has 1 heterocycles. The Hall–Kier alpha value is -0.590. The Balaban J connectivity index is 2.22. The Kier molecular flexibility index (Phi) is 4.23. The van der Waals surface area contributed by atoms with Crippen LogP contribution in [0.25, 0.3) is 0 Å². The summed E-state index contributed by atoms with van der Waals surface area (Å²) in [6.07, 6.45) is 5.37. The molecule has 2 rings (SSSR count). The molecule has 1 saturated carbocycles. The number of imidazole rings is 1. The van der Waals surface area contributed by atoms with Crippen molar-refractivity contribution in [2.75, 3.05) is 7.05 Å². The number of hydrogen-bond donors (Lipinski definition) is 0. The van der Waals surface area contributed by atoms with E-state index in [-0.39, 0.29) is 16.2 Å². The number of aryl methyl sites for hydroxylation is 1. The van der Waals surface area contributed by atoms with Crippen LogP contribution in [0.5, 0.6) is 0 Å². The molecule has 0 N–H and O–H groups in total. The van der Waals surface area contributed by atoms with E-state index in [2.05, 4.69) is 11.9 Å². The Bertz CT molecular complexity index is 547. The van der Waals surface area contributed by atoms with Gasteiger partial charge in [-0.3, -0.25) is 0 Å². The molecule has 1 fully saturated rings. The van der Waals surface area contributed by atoms with Crippen LogP contribution < -0.4 is 0 Å². The summed E-state index contributed by atoms with van der Waals surface area (Å²) in [7, 11) is -0.293. The minimum atomic E-state index is -3.60. The molecule has 0 saturated heterocycles. The van der Waals surface area contributed by atoms with Gasteiger partial charge in [-0.2, -0.15) is 4.31 Å². The first-order valence-electron chi connectivity index (χ1n) is 6.49. The molecule has 0 aliphatic heterocycles. The number of aromatic nitrogens is 2. The molecule has 0 spiro atoms. The van der Waals surface area contributed by atoms with Gasteiger partial charge in [-0.1, -0.05) is 18.5 Å². The Labute approximate surface area is 119 Å². The second-order valence-electron chi connectivity index (χ2n) is 5.39. The molecule has 0 radical (unpaired) electrons. The van der Waals surface area contributed by atoms with Crippen molar-refractivity contribution < 1.29 is 8.42 Å². The molecule has 1 aromatic heterocycles. The van der Waals surface area contributed by atoms with Crippen molar-refractivity contribution in [2.24, 2.45) is 13.0 Å². The molecule has 5 nitrogen and oxygen atoms in total. The van der Waals surface area contributed by atoms with Crippen LogP contribution in [0.2, 0.25) is 5.15 Å². The number of nitrogens with zero attached hydrogens (tertiary/aromatic N) is 3. The van der Waals surface area contributed by atoms with Gasteiger partial charge in [0.05, 0.1) is 6.33 Å². The van der Waals surface area contributed by atoms with E-state index in [1.807, 2.05) is 0 Å². The van der Waals surface area contributed by atoms with E-state index >= 15 is 0 Å². The van der Waals surface area contributed by atoms with Gasteiger partial charge in [-0.25, -0.2) is 13.4 Å². The standard InChI is InChI=1S/C12H20ClN3O2S/c1-9-4-6-10(7-5-9)16(3)19(17,18)12-11(13)15(2)8-14-12/h8-10H,4-7H2,1-3H3. The molecule has 1 aliphatic rings. The Morgan fingerprint density at radius 3 is 2.42 bits per heavy atom. The van der Waals surface area contributed by atoms with Gasteiger partial charge < -0.3 is 4.57 Å². The van der Waals surface area contributed by atoms with Crippen LogP contribution in [0.1, 0.15) is 32.6 Å². The van der Waals surface area contributed by atoms with Crippen molar-refractivity contribution >= 4 is 21.6 Å². The Morgan fingerprint density at radius 1 is 1.37 bits per heavy atom. The van der Waals surface area contributed by atoms with Crippen molar-refractivity contribution in [3.63, 3.8) is 0 Å². The highest BCUT2D eigenvalue weighted by Crippen LogP contribution is 2.30. The summed E-state index contributed by atoms with van der Waals surface area (Å²) in [5.74, 6) is 0.686.